The minimum Gasteiger partial charge on any atom is -0.444 e. The molecule has 0 fully saturated rings. The van der Waals surface area contributed by atoms with Gasteiger partial charge >= 0.3 is 6.09 Å². The second-order valence-corrected chi connectivity index (χ2v) is 7.03. The number of hydrogen-bond donors (Lipinski definition) is 4. The third-order valence-corrected chi connectivity index (χ3v) is 2.96. The van der Waals surface area contributed by atoms with Gasteiger partial charge < -0.3 is 26.0 Å². The lowest BCUT2D eigenvalue weighted by Gasteiger charge is -2.25. The zero-order valence-corrected chi connectivity index (χ0v) is 15.9. The molecule has 0 bridgehead atoms. The zero-order valence-electron chi connectivity index (χ0n) is 15.9. The highest BCUT2D eigenvalue weighted by Gasteiger charge is 2.29. The molecule has 0 aromatic rings. The average Bonchev–Trinajstić information content (AvgIpc) is 2.44. The first-order chi connectivity index (χ1) is 11.4. The molecule has 0 rings (SSSR count). The molecule has 0 atom stereocenters. The minimum atomic E-state index is -1.13. The van der Waals surface area contributed by atoms with Gasteiger partial charge in [-0.25, -0.2) is 4.79 Å². The Bertz CT molecular complexity index is 497. The summed E-state index contributed by atoms with van der Waals surface area (Å²) in [5.41, 5.74) is -1.74. The Morgan fingerprint density at radius 3 is 1.88 bits per heavy atom. The second kappa shape index (κ2) is 9.85. The van der Waals surface area contributed by atoms with Crippen molar-refractivity contribution in [3.63, 3.8) is 0 Å². The first-order valence-corrected chi connectivity index (χ1v) is 8.14. The zero-order chi connectivity index (χ0) is 19.7. The maximum Gasteiger partial charge on any atom is 0.407 e. The fourth-order valence-corrected chi connectivity index (χ4v) is 1.70. The van der Waals surface area contributed by atoms with Crippen LogP contribution >= 0.6 is 0 Å². The highest BCUT2D eigenvalue weighted by molar-refractivity contribution is 5.91. The van der Waals surface area contributed by atoms with E-state index in [1.807, 2.05) is 0 Å². The van der Waals surface area contributed by atoms with Gasteiger partial charge in [-0.05, 0) is 34.6 Å². The van der Waals surface area contributed by atoms with Crippen LogP contribution in [-0.2, 0) is 19.1 Å². The number of carbonyl (C=O) groups excluding carboxylic acids is 4. The summed E-state index contributed by atoms with van der Waals surface area (Å²) in [5.74, 6) is -0.970. The molecule has 0 saturated heterocycles. The van der Waals surface area contributed by atoms with Gasteiger partial charge in [0, 0.05) is 33.0 Å². The fraction of sp³-hybridized carbons (Fsp3) is 0.750. The van der Waals surface area contributed by atoms with Crippen LogP contribution in [0.4, 0.5) is 4.79 Å². The maximum absolute atomic E-state index is 12.1. The predicted octanol–water partition coefficient (Wildman–Crippen LogP) is 0.0483. The Labute approximate surface area is 148 Å². The van der Waals surface area contributed by atoms with Crippen molar-refractivity contribution < 1.29 is 23.9 Å². The summed E-state index contributed by atoms with van der Waals surface area (Å²) >= 11 is 0. The van der Waals surface area contributed by atoms with Crippen LogP contribution in [0.3, 0.4) is 0 Å². The number of hydrogen-bond acceptors (Lipinski definition) is 5. The molecule has 0 spiro atoms. The third-order valence-electron chi connectivity index (χ3n) is 2.96. The van der Waals surface area contributed by atoms with Gasteiger partial charge in [-0.15, -0.1) is 0 Å². The van der Waals surface area contributed by atoms with Crippen molar-refractivity contribution in [2.24, 2.45) is 0 Å². The van der Waals surface area contributed by atoms with Crippen molar-refractivity contribution in [2.75, 3.05) is 20.1 Å². The van der Waals surface area contributed by atoms with E-state index in [0.29, 0.717) is 0 Å². The summed E-state index contributed by atoms with van der Waals surface area (Å²) in [6.07, 6.45) is -0.438. The Morgan fingerprint density at radius 1 is 0.840 bits per heavy atom. The molecule has 0 aliphatic carbocycles. The van der Waals surface area contributed by atoms with E-state index in [1.54, 1.807) is 34.6 Å². The minimum absolute atomic E-state index is 0.00813. The molecule has 0 aromatic heterocycles. The molecule has 9 heteroatoms. The predicted molar refractivity (Wildman–Crippen MR) is 92.8 cm³/mol. The van der Waals surface area contributed by atoms with Crippen LogP contribution in [0.1, 0.15) is 47.5 Å². The van der Waals surface area contributed by atoms with Gasteiger partial charge in [-0.3, -0.25) is 14.4 Å². The van der Waals surface area contributed by atoms with Gasteiger partial charge in [0.25, 0.3) is 0 Å². The van der Waals surface area contributed by atoms with Crippen molar-refractivity contribution in [1.29, 1.82) is 0 Å². The van der Waals surface area contributed by atoms with E-state index >= 15 is 0 Å². The summed E-state index contributed by atoms with van der Waals surface area (Å²) in [5, 5.41) is 10.1. The number of nitrogens with one attached hydrogen (secondary N) is 4. The van der Waals surface area contributed by atoms with Crippen molar-refractivity contribution in [3.8, 4) is 0 Å². The number of carbonyl (C=O) groups is 4. The van der Waals surface area contributed by atoms with Crippen LogP contribution in [0.2, 0.25) is 0 Å². The van der Waals surface area contributed by atoms with Gasteiger partial charge in [0.1, 0.15) is 11.1 Å². The van der Waals surface area contributed by atoms with Crippen LogP contribution in [0.15, 0.2) is 0 Å². The van der Waals surface area contributed by atoms with Crippen molar-refractivity contribution in [3.05, 3.63) is 0 Å². The smallest absolute Gasteiger partial charge is 0.407 e. The van der Waals surface area contributed by atoms with Crippen LogP contribution in [-0.4, -0.2) is 55.1 Å². The van der Waals surface area contributed by atoms with E-state index in [2.05, 4.69) is 21.3 Å². The average molecular weight is 358 g/mol. The number of rotatable bonds is 8. The van der Waals surface area contributed by atoms with Gasteiger partial charge in [-0.2, -0.15) is 0 Å². The number of amides is 4. The Kier molecular flexibility index (Phi) is 8.94. The van der Waals surface area contributed by atoms with E-state index in [9.17, 15) is 19.2 Å². The summed E-state index contributed by atoms with van der Waals surface area (Å²) < 4.78 is 5.05. The highest BCUT2D eigenvalue weighted by atomic mass is 16.6. The molecule has 4 amide bonds. The second-order valence-electron chi connectivity index (χ2n) is 7.03. The lowest BCUT2D eigenvalue weighted by molar-refractivity contribution is -0.132. The molecule has 9 nitrogen and oxygen atoms in total. The van der Waals surface area contributed by atoms with Crippen molar-refractivity contribution >= 4 is 23.8 Å². The van der Waals surface area contributed by atoms with E-state index in [1.165, 1.54) is 7.05 Å². The molecule has 0 saturated carbocycles. The summed E-state index contributed by atoms with van der Waals surface area (Å²) in [6, 6.07) is 0. The van der Waals surface area contributed by atoms with E-state index in [4.69, 9.17) is 4.74 Å². The van der Waals surface area contributed by atoms with Gasteiger partial charge in [0.2, 0.25) is 17.7 Å². The maximum atomic E-state index is 12.1. The molecule has 4 N–H and O–H groups in total. The van der Waals surface area contributed by atoms with Crippen molar-refractivity contribution in [2.45, 2.75) is 58.6 Å². The lowest BCUT2D eigenvalue weighted by Crippen LogP contribution is -2.55. The molecule has 25 heavy (non-hydrogen) atoms. The first-order valence-electron chi connectivity index (χ1n) is 8.14. The molecule has 0 unspecified atom stereocenters. The van der Waals surface area contributed by atoms with E-state index < -0.39 is 23.1 Å². The Hall–Kier alpha value is -2.32. The van der Waals surface area contributed by atoms with Gasteiger partial charge in [0.15, 0.2) is 0 Å². The molecule has 0 aromatic carbocycles. The molecule has 0 aliphatic rings. The summed E-state index contributed by atoms with van der Waals surface area (Å²) in [6.45, 7) is 8.61. The SMILES string of the molecule is CNC(=O)CCNC(=O)C(C)(C)NC(=O)CCNC(=O)OC(C)(C)C. The van der Waals surface area contributed by atoms with Crippen LogP contribution in [0, 0.1) is 0 Å². The van der Waals surface area contributed by atoms with Gasteiger partial charge in [-0.1, -0.05) is 0 Å². The molecule has 0 radical (unpaired) electrons. The monoisotopic (exact) mass is 358 g/mol. The van der Waals surface area contributed by atoms with Crippen LogP contribution < -0.4 is 21.3 Å². The van der Waals surface area contributed by atoms with Crippen molar-refractivity contribution in [1.82, 2.24) is 21.3 Å². The molecule has 144 valence electrons. The van der Waals surface area contributed by atoms with Crippen LogP contribution in [0.5, 0.6) is 0 Å². The Morgan fingerprint density at radius 2 is 1.36 bits per heavy atom. The quantitative estimate of drug-likeness (QED) is 0.488. The Balaban J connectivity index is 4.19. The van der Waals surface area contributed by atoms with E-state index in [0.717, 1.165) is 0 Å². The first kappa shape index (κ1) is 22.7. The topological polar surface area (TPSA) is 126 Å². The molecular formula is C16H30N4O5. The van der Waals surface area contributed by atoms with E-state index in [-0.39, 0.29) is 37.7 Å². The highest BCUT2D eigenvalue weighted by Crippen LogP contribution is 2.06. The normalized spacial score (nSPS) is 11.3. The number of ether oxygens (including phenoxy) is 1. The number of alkyl carbamates (subject to hydrolysis) is 1. The summed E-state index contributed by atoms with van der Waals surface area (Å²) in [4.78, 5) is 46.5. The molecule has 0 aliphatic heterocycles. The fourth-order valence-electron chi connectivity index (χ4n) is 1.70. The summed E-state index contributed by atoms with van der Waals surface area (Å²) in [7, 11) is 1.51. The largest absolute Gasteiger partial charge is 0.444 e. The van der Waals surface area contributed by atoms with Crippen LogP contribution in [0.25, 0.3) is 0 Å². The third kappa shape index (κ3) is 11.0. The standard InChI is InChI=1S/C16H30N4O5/c1-15(2,3)25-14(24)19-10-8-12(22)20-16(4,5)13(23)18-9-7-11(21)17-6/h7-10H2,1-6H3,(H,17,21)(H,18,23)(H,19,24)(H,20,22). The lowest BCUT2D eigenvalue weighted by atomic mass is 10.0. The van der Waals surface area contributed by atoms with Gasteiger partial charge in [0.05, 0.1) is 0 Å². The molecular weight excluding hydrogens is 328 g/mol. The molecule has 0 heterocycles.